The molecule has 0 aliphatic carbocycles. The predicted molar refractivity (Wildman–Crippen MR) is 68.3 cm³/mol. The van der Waals surface area contributed by atoms with Crippen LogP contribution in [-0.4, -0.2) is 32.4 Å². The van der Waals surface area contributed by atoms with Crippen LogP contribution in [0.5, 0.6) is 0 Å². The fourth-order valence-electron chi connectivity index (χ4n) is 1.97. The number of hydrogen-bond donors (Lipinski definition) is 2. The van der Waals surface area contributed by atoms with E-state index in [4.69, 9.17) is 0 Å². The van der Waals surface area contributed by atoms with Crippen molar-refractivity contribution in [1.29, 1.82) is 0 Å². The fourth-order valence-corrected chi connectivity index (χ4v) is 1.97. The van der Waals surface area contributed by atoms with E-state index < -0.39 is 0 Å². The predicted octanol–water partition coefficient (Wildman–Crippen LogP) is 1.18. The highest BCUT2D eigenvalue weighted by Crippen LogP contribution is 2.24. The smallest absolute Gasteiger partial charge is 0.269 e. The Hall–Kier alpha value is -2.11. The third-order valence-corrected chi connectivity index (χ3v) is 2.92. The van der Waals surface area contributed by atoms with Gasteiger partial charge in [-0.2, -0.15) is 10.2 Å². The van der Waals surface area contributed by atoms with Gasteiger partial charge in [0.15, 0.2) is 0 Å². The quantitative estimate of drug-likeness (QED) is 0.855. The minimum Gasteiger partial charge on any atom is -0.351 e. The summed E-state index contributed by atoms with van der Waals surface area (Å²) in [5.74, 6) is -0.143. The fraction of sp³-hybridized carbons (Fsp3) is 0.417. The van der Waals surface area contributed by atoms with E-state index in [1.54, 1.807) is 6.07 Å². The Balaban J connectivity index is 2.38. The molecule has 2 rings (SSSR count). The van der Waals surface area contributed by atoms with Gasteiger partial charge in [0.2, 0.25) is 0 Å². The molecule has 0 aliphatic rings. The molecule has 0 fully saturated rings. The van der Waals surface area contributed by atoms with Gasteiger partial charge in [0.25, 0.3) is 5.91 Å². The van der Waals surface area contributed by atoms with E-state index in [0.717, 1.165) is 22.6 Å². The van der Waals surface area contributed by atoms with Gasteiger partial charge in [0.1, 0.15) is 5.69 Å². The van der Waals surface area contributed by atoms with Gasteiger partial charge < -0.3 is 5.32 Å². The molecule has 6 heteroatoms. The van der Waals surface area contributed by atoms with Crippen LogP contribution in [0.4, 0.5) is 0 Å². The molecule has 1 amide bonds. The van der Waals surface area contributed by atoms with E-state index in [1.807, 2.05) is 32.5 Å². The maximum absolute atomic E-state index is 11.7. The Labute approximate surface area is 105 Å². The molecule has 0 unspecified atom stereocenters. The summed E-state index contributed by atoms with van der Waals surface area (Å²) in [6.45, 7) is 6.39. The molecule has 2 aromatic rings. The van der Waals surface area contributed by atoms with Crippen LogP contribution in [0.3, 0.4) is 0 Å². The molecule has 2 heterocycles. The summed E-state index contributed by atoms with van der Waals surface area (Å²) < 4.78 is 1.81. The highest BCUT2D eigenvalue weighted by atomic mass is 16.1. The second-order valence-corrected chi connectivity index (χ2v) is 4.20. The van der Waals surface area contributed by atoms with Crippen molar-refractivity contribution in [2.75, 3.05) is 6.54 Å². The van der Waals surface area contributed by atoms with Crippen molar-refractivity contribution in [3.8, 4) is 11.3 Å². The highest BCUT2D eigenvalue weighted by Gasteiger charge is 2.16. The van der Waals surface area contributed by atoms with E-state index in [2.05, 4.69) is 20.6 Å². The van der Waals surface area contributed by atoms with Gasteiger partial charge in [-0.1, -0.05) is 0 Å². The van der Waals surface area contributed by atoms with Gasteiger partial charge in [-0.15, -0.1) is 0 Å². The SMILES string of the molecule is CCNC(=O)c1cc(-c2c(C)nn(C)c2C)n[nH]1. The maximum atomic E-state index is 11.7. The Morgan fingerprint density at radius 2 is 2.22 bits per heavy atom. The highest BCUT2D eigenvalue weighted by molar-refractivity contribution is 5.93. The van der Waals surface area contributed by atoms with Crippen LogP contribution in [0, 0.1) is 13.8 Å². The van der Waals surface area contributed by atoms with Crippen molar-refractivity contribution in [2.45, 2.75) is 20.8 Å². The van der Waals surface area contributed by atoms with Crippen LogP contribution >= 0.6 is 0 Å². The molecule has 96 valence electrons. The molecule has 6 nitrogen and oxygen atoms in total. The summed E-state index contributed by atoms with van der Waals surface area (Å²) in [7, 11) is 1.89. The number of nitrogens with one attached hydrogen (secondary N) is 2. The van der Waals surface area contributed by atoms with E-state index in [-0.39, 0.29) is 5.91 Å². The molecule has 0 saturated heterocycles. The minimum atomic E-state index is -0.143. The summed E-state index contributed by atoms with van der Waals surface area (Å²) in [5.41, 5.74) is 4.13. The van der Waals surface area contributed by atoms with E-state index in [0.29, 0.717) is 12.2 Å². The number of H-pyrrole nitrogens is 1. The summed E-state index contributed by atoms with van der Waals surface area (Å²) in [4.78, 5) is 11.7. The standard InChI is InChI=1S/C12H17N5O/c1-5-13-12(18)10-6-9(14-15-10)11-7(2)16-17(4)8(11)3/h6H,5H2,1-4H3,(H,13,18)(H,14,15). The molecular formula is C12H17N5O. The molecule has 18 heavy (non-hydrogen) atoms. The number of hydrogen-bond acceptors (Lipinski definition) is 3. The second-order valence-electron chi connectivity index (χ2n) is 4.20. The molecule has 2 aromatic heterocycles. The number of carbonyl (C=O) groups is 1. The molecule has 0 saturated carbocycles. The normalized spacial score (nSPS) is 10.7. The monoisotopic (exact) mass is 247 g/mol. The van der Waals surface area contributed by atoms with Crippen LogP contribution in [0.2, 0.25) is 0 Å². The minimum absolute atomic E-state index is 0.143. The topological polar surface area (TPSA) is 75.6 Å². The zero-order valence-electron chi connectivity index (χ0n) is 11.0. The molecule has 2 N–H and O–H groups in total. The van der Waals surface area contributed by atoms with Crippen LogP contribution in [0.1, 0.15) is 28.8 Å². The molecule has 0 spiro atoms. The van der Waals surface area contributed by atoms with Crippen LogP contribution in [-0.2, 0) is 7.05 Å². The first-order chi connectivity index (χ1) is 8.54. The molecule has 0 aromatic carbocycles. The lowest BCUT2D eigenvalue weighted by Crippen LogP contribution is -2.22. The lowest BCUT2D eigenvalue weighted by Gasteiger charge is -1.97. The number of rotatable bonds is 3. The number of aromatic nitrogens is 4. The van der Waals surface area contributed by atoms with Crippen molar-refractivity contribution in [1.82, 2.24) is 25.3 Å². The first-order valence-corrected chi connectivity index (χ1v) is 5.88. The largest absolute Gasteiger partial charge is 0.351 e. The van der Waals surface area contributed by atoms with Gasteiger partial charge in [-0.25, -0.2) is 0 Å². The summed E-state index contributed by atoms with van der Waals surface area (Å²) in [5, 5.41) is 14.0. The van der Waals surface area contributed by atoms with Gasteiger partial charge >= 0.3 is 0 Å². The number of aryl methyl sites for hydroxylation is 2. The maximum Gasteiger partial charge on any atom is 0.269 e. The Morgan fingerprint density at radius 1 is 1.50 bits per heavy atom. The summed E-state index contributed by atoms with van der Waals surface area (Å²) in [6, 6.07) is 1.75. The summed E-state index contributed by atoms with van der Waals surface area (Å²) in [6.07, 6.45) is 0. The van der Waals surface area contributed by atoms with Crippen molar-refractivity contribution in [3.05, 3.63) is 23.1 Å². The Bertz CT molecular complexity index is 581. The number of amides is 1. The first kappa shape index (κ1) is 12.3. The number of aromatic amines is 1. The average molecular weight is 247 g/mol. The third kappa shape index (κ3) is 2.01. The van der Waals surface area contributed by atoms with Gasteiger partial charge in [0.05, 0.1) is 11.4 Å². The van der Waals surface area contributed by atoms with Gasteiger partial charge in [-0.3, -0.25) is 14.6 Å². The molecule has 0 bridgehead atoms. The van der Waals surface area contributed by atoms with Crippen LogP contribution < -0.4 is 5.32 Å². The van der Waals surface area contributed by atoms with Crippen LogP contribution in [0.15, 0.2) is 6.07 Å². The molecular weight excluding hydrogens is 230 g/mol. The molecule has 0 radical (unpaired) electrons. The second kappa shape index (κ2) is 4.64. The van der Waals surface area contributed by atoms with Crippen molar-refractivity contribution < 1.29 is 4.79 Å². The number of carbonyl (C=O) groups excluding carboxylic acids is 1. The van der Waals surface area contributed by atoms with Gasteiger partial charge in [0, 0.05) is 24.8 Å². The van der Waals surface area contributed by atoms with E-state index in [9.17, 15) is 4.79 Å². The molecule has 0 aliphatic heterocycles. The van der Waals surface area contributed by atoms with Gasteiger partial charge in [-0.05, 0) is 26.8 Å². The average Bonchev–Trinajstić information content (AvgIpc) is 2.86. The Morgan fingerprint density at radius 3 is 2.78 bits per heavy atom. The summed E-state index contributed by atoms with van der Waals surface area (Å²) >= 11 is 0. The first-order valence-electron chi connectivity index (χ1n) is 5.88. The van der Waals surface area contributed by atoms with Crippen molar-refractivity contribution in [2.24, 2.45) is 7.05 Å². The number of nitrogens with zero attached hydrogens (tertiary/aromatic N) is 3. The van der Waals surface area contributed by atoms with Crippen molar-refractivity contribution >= 4 is 5.91 Å². The van der Waals surface area contributed by atoms with E-state index >= 15 is 0 Å². The van der Waals surface area contributed by atoms with Crippen LogP contribution in [0.25, 0.3) is 11.3 Å². The molecule has 0 atom stereocenters. The van der Waals surface area contributed by atoms with Crippen molar-refractivity contribution in [3.63, 3.8) is 0 Å². The zero-order valence-corrected chi connectivity index (χ0v) is 11.0. The Kier molecular flexibility index (Phi) is 3.18. The van der Waals surface area contributed by atoms with E-state index in [1.165, 1.54) is 0 Å². The lowest BCUT2D eigenvalue weighted by atomic mass is 10.1. The third-order valence-electron chi connectivity index (χ3n) is 2.92. The lowest BCUT2D eigenvalue weighted by molar-refractivity contribution is 0.0951. The zero-order chi connectivity index (χ0) is 13.3.